The maximum Gasteiger partial charge on any atom is 0.454 e. The number of hydrogen-bond acceptors (Lipinski definition) is 4. The van der Waals surface area contributed by atoms with E-state index in [0.717, 1.165) is 0 Å². The standard InChI is InChI=1S/C13H14F5N3O/c1-7-11(19)21-9-4-8(2-3-10(9)22-7)5-20-6-12(14,15)13(16,17)18/h2-4,7,20H,5-6H2,1H3,(H2,19,21). The number of nitrogens with one attached hydrogen (secondary N) is 1. The Bertz CT molecular complexity index is 586. The number of fused-ring (bicyclic) bond motifs is 1. The van der Waals surface area contributed by atoms with Crippen LogP contribution in [-0.4, -0.2) is 30.6 Å². The molecule has 0 amide bonds. The van der Waals surface area contributed by atoms with Crippen LogP contribution in [0.25, 0.3) is 0 Å². The lowest BCUT2D eigenvalue weighted by Crippen LogP contribution is -2.45. The Morgan fingerprint density at radius 3 is 2.59 bits per heavy atom. The summed E-state index contributed by atoms with van der Waals surface area (Å²) in [6, 6.07) is 4.65. The van der Waals surface area contributed by atoms with Gasteiger partial charge in [0.05, 0.1) is 6.54 Å². The Morgan fingerprint density at radius 1 is 1.27 bits per heavy atom. The van der Waals surface area contributed by atoms with Gasteiger partial charge in [0.2, 0.25) is 0 Å². The SMILES string of the molecule is CC1Oc2ccc(CNCC(F)(F)C(F)(F)F)cc2N=C1N. The summed E-state index contributed by atoms with van der Waals surface area (Å²) in [5.74, 6) is -4.03. The maximum atomic E-state index is 12.8. The first kappa shape index (κ1) is 16.5. The molecule has 122 valence electrons. The average Bonchev–Trinajstić information content (AvgIpc) is 2.39. The fraction of sp³-hybridized carbons (Fsp3) is 0.462. The molecule has 22 heavy (non-hydrogen) atoms. The second kappa shape index (κ2) is 5.71. The third-order valence-corrected chi connectivity index (χ3v) is 3.08. The smallest absolute Gasteiger partial charge is 0.454 e. The highest BCUT2D eigenvalue weighted by Crippen LogP contribution is 2.35. The first-order chi connectivity index (χ1) is 10.1. The van der Waals surface area contributed by atoms with Crippen molar-refractivity contribution in [3.05, 3.63) is 23.8 Å². The number of ether oxygens (including phenoxy) is 1. The molecule has 0 aromatic heterocycles. The third kappa shape index (κ3) is 3.46. The quantitative estimate of drug-likeness (QED) is 0.838. The molecule has 1 aromatic carbocycles. The van der Waals surface area contributed by atoms with Crippen molar-refractivity contribution in [2.24, 2.45) is 10.7 Å². The molecular weight excluding hydrogens is 309 g/mol. The average molecular weight is 323 g/mol. The molecular formula is C13H14F5N3O. The van der Waals surface area contributed by atoms with Gasteiger partial charge in [-0.1, -0.05) is 6.07 Å². The van der Waals surface area contributed by atoms with Crippen molar-refractivity contribution in [3.63, 3.8) is 0 Å². The summed E-state index contributed by atoms with van der Waals surface area (Å²) in [6.45, 7) is 0.0624. The molecule has 1 atom stereocenters. The summed E-state index contributed by atoms with van der Waals surface area (Å²) in [5.41, 5.74) is 6.54. The van der Waals surface area contributed by atoms with Gasteiger partial charge in [-0.25, -0.2) is 4.99 Å². The first-order valence-corrected chi connectivity index (χ1v) is 6.39. The van der Waals surface area contributed by atoms with Crippen LogP contribution in [0.4, 0.5) is 27.6 Å². The van der Waals surface area contributed by atoms with E-state index in [1.165, 1.54) is 6.07 Å². The number of amidine groups is 1. The van der Waals surface area contributed by atoms with Crippen molar-refractivity contribution in [1.82, 2.24) is 5.32 Å². The number of alkyl halides is 5. The van der Waals surface area contributed by atoms with Gasteiger partial charge in [0.1, 0.15) is 17.3 Å². The lowest BCUT2D eigenvalue weighted by Gasteiger charge is -2.22. The number of aliphatic imine (C=N–C) groups is 1. The summed E-state index contributed by atoms with van der Waals surface area (Å²) >= 11 is 0. The molecule has 9 heteroatoms. The number of nitrogens with two attached hydrogens (primary N) is 1. The van der Waals surface area contributed by atoms with Crippen LogP contribution in [0.3, 0.4) is 0 Å². The topological polar surface area (TPSA) is 59.6 Å². The number of hydrogen-bond donors (Lipinski definition) is 2. The van der Waals surface area contributed by atoms with E-state index < -0.39 is 18.6 Å². The zero-order chi connectivity index (χ0) is 16.5. The van der Waals surface area contributed by atoms with Crippen LogP contribution in [0.1, 0.15) is 12.5 Å². The van der Waals surface area contributed by atoms with Crippen molar-refractivity contribution >= 4 is 11.5 Å². The Hall–Kier alpha value is -1.90. The van der Waals surface area contributed by atoms with E-state index in [-0.39, 0.29) is 18.5 Å². The second-order valence-corrected chi connectivity index (χ2v) is 4.90. The highest BCUT2D eigenvalue weighted by atomic mass is 19.4. The summed E-state index contributed by atoms with van der Waals surface area (Å²) in [6.07, 6.45) is -5.94. The maximum absolute atomic E-state index is 12.8. The molecule has 1 heterocycles. The number of halogens is 5. The van der Waals surface area contributed by atoms with Gasteiger partial charge >= 0.3 is 12.1 Å². The molecule has 4 nitrogen and oxygen atoms in total. The molecule has 1 aliphatic heterocycles. The summed E-state index contributed by atoms with van der Waals surface area (Å²) < 4.78 is 67.0. The van der Waals surface area contributed by atoms with E-state index in [2.05, 4.69) is 10.3 Å². The minimum absolute atomic E-state index is 0.163. The van der Waals surface area contributed by atoms with Gasteiger partial charge in [-0.2, -0.15) is 22.0 Å². The van der Waals surface area contributed by atoms with Gasteiger partial charge in [-0.05, 0) is 24.6 Å². The Balaban J connectivity index is 2.01. The molecule has 0 fully saturated rings. The number of benzene rings is 1. The Morgan fingerprint density at radius 2 is 1.95 bits per heavy atom. The van der Waals surface area contributed by atoms with Gasteiger partial charge in [0.25, 0.3) is 0 Å². The first-order valence-electron chi connectivity index (χ1n) is 6.39. The van der Waals surface area contributed by atoms with Gasteiger partial charge in [-0.15, -0.1) is 0 Å². The number of rotatable bonds is 4. The van der Waals surface area contributed by atoms with Crippen LogP contribution in [0, 0.1) is 0 Å². The van der Waals surface area contributed by atoms with E-state index in [0.29, 0.717) is 17.0 Å². The van der Waals surface area contributed by atoms with Crippen molar-refractivity contribution in [3.8, 4) is 5.75 Å². The third-order valence-electron chi connectivity index (χ3n) is 3.08. The van der Waals surface area contributed by atoms with Gasteiger partial charge in [-0.3, -0.25) is 0 Å². The minimum atomic E-state index is -5.57. The zero-order valence-corrected chi connectivity index (χ0v) is 11.5. The van der Waals surface area contributed by atoms with Crippen molar-refractivity contribution in [2.45, 2.75) is 31.7 Å². The molecule has 1 unspecified atom stereocenters. The molecule has 0 aliphatic carbocycles. The minimum Gasteiger partial charge on any atom is -0.481 e. The van der Waals surface area contributed by atoms with Crippen molar-refractivity contribution in [1.29, 1.82) is 0 Å². The van der Waals surface area contributed by atoms with E-state index in [4.69, 9.17) is 10.5 Å². The summed E-state index contributed by atoms with van der Waals surface area (Å²) in [4.78, 5) is 4.10. The highest BCUT2D eigenvalue weighted by molar-refractivity contribution is 5.89. The van der Waals surface area contributed by atoms with Crippen LogP contribution in [0.5, 0.6) is 5.75 Å². The van der Waals surface area contributed by atoms with Gasteiger partial charge in [0.15, 0.2) is 6.10 Å². The van der Waals surface area contributed by atoms with Crippen molar-refractivity contribution < 1.29 is 26.7 Å². The predicted octanol–water partition coefficient (Wildman–Crippen LogP) is 2.74. The molecule has 3 N–H and O–H groups in total. The molecule has 1 aliphatic rings. The molecule has 0 bridgehead atoms. The molecule has 0 saturated carbocycles. The van der Waals surface area contributed by atoms with E-state index in [1.807, 2.05) is 0 Å². The molecule has 2 rings (SSSR count). The van der Waals surface area contributed by atoms with Crippen LogP contribution >= 0.6 is 0 Å². The van der Waals surface area contributed by atoms with Gasteiger partial charge < -0.3 is 15.8 Å². The van der Waals surface area contributed by atoms with Gasteiger partial charge in [0, 0.05) is 6.54 Å². The Labute approximate surface area is 123 Å². The Kier molecular flexibility index (Phi) is 4.28. The number of nitrogens with zero attached hydrogens (tertiary/aromatic N) is 1. The lowest BCUT2D eigenvalue weighted by molar-refractivity contribution is -0.279. The van der Waals surface area contributed by atoms with Crippen LogP contribution in [0.15, 0.2) is 23.2 Å². The molecule has 0 radical (unpaired) electrons. The fourth-order valence-corrected chi connectivity index (χ4v) is 1.80. The summed E-state index contributed by atoms with van der Waals surface area (Å²) in [7, 11) is 0. The van der Waals surface area contributed by atoms with Crippen LogP contribution in [0.2, 0.25) is 0 Å². The molecule has 0 saturated heterocycles. The monoisotopic (exact) mass is 323 g/mol. The lowest BCUT2D eigenvalue weighted by atomic mass is 10.1. The van der Waals surface area contributed by atoms with Crippen LogP contribution in [-0.2, 0) is 6.54 Å². The summed E-state index contributed by atoms with van der Waals surface area (Å²) in [5, 5.41) is 2.08. The van der Waals surface area contributed by atoms with Crippen LogP contribution < -0.4 is 15.8 Å². The molecule has 1 aromatic rings. The largest absolute Gasteiger partial charge is 0.481 e. The van der Waals surface area contributed by atoms with E-state index >= 15 is 0 Å². The highest BCUT2D eigenvalue weighted by Gasteiger charge is 2.56. The predicted molar refractivity (Wildman–Crippen MR) is 70.5 cm³/mol. The van der Waals surface area contributed by atoms with E-state index in [9.17, 15) is 22.0 Å². The zero-order valence-electron chi connectivity index (χ0n) is 11.5. The second-order valence-electron chi connectivity index (χ2n) is 4.90. The van der Waals surface area contributed by atoms with E-state index in [1.54, 1.807) is 19.1 Å². The normalized spacial score (nSPS) is 18.5. The molecule has 0 spiro atoms. The fourth-order valence-electron chi connectivity index (χ4n) is 1.80. The van der Waals surface area contributed by atoms with Crippen molar-refractivity contribution in [2.75, 3.05) is 6.54 Å².